The van der Waals surface area contributed by atoms with Crippen LogP contribution in [0.5, 0.6) is 0 Å². The minimum atomic E-state index is -4.37. The van der Waals surface area contributed by atoms with Crippen LogP contribution in [0.4, 0.5) is 13.2 Å². The second-order valence-corrected chi connectivity index (χ2v) is 2.21. The Morgan fingerprint density at radius 1 is 1.58 bits per heavy atom. The Morgan fingerprint density at radius 2 is 2.25 bits per heavy atom. The number of nitrogens with one attached hydrogen (secondary N) is 1. The van der Waals surface area contributed by atoms with Gasteiger partial charge in [0.1, 0.15) is 5.82 Å². The van der Waals surface area contributed by atoms with Crippen molar-refractivity contribution in [1.29, 1.82) is 0 Å². The Bertz CT molecular complexity index is 253. The molecule has 0 amide bonds. The van der Waals surface area contributed by atoms with Gasteiger partial charge in [-0.25, -0.2) is 9.55 Å². The number of alkyl halides is 3. The summed E-state index contributed by atoms with van der Waals surface area (Å²) in [5.74, 6) is -0.0370. The molecule has 0 aliphatic carbocycles. The molecule has 0 aliphatic rings. The molecule has 1 heterocycles. The maximum Gasteiger partial charge on any atom is 0.489 e. The predicted octanol–water partition coefficient (Wildman–Crippen LogP) is 1.08. The molecule has 1 N–H and O–H groups in total. The van der Waals surface area contributed by atoms with Crippen molar-refractivity contribution in [2.24, 2.45) is 0 Å². The number of nitrogens with zero attached hydrogens (tertiary/aromatic N) is 2. The van der Waals surface area contributed by atoms with Crippen LogP contribution in [0.25, 0.3) is 0 Å². The van der Waals surface area contributed by atoms with E-state index in [0.717, 1.165) is 12.4 Å². The number of rotatable bonds is 2. The van der Waals surface area contributed by atoms with Gasteiger partial charge in [-0.15, -0.1) is 13.2 Å². The Balaban J connectivity index is 2.91. The maximum atomic E-state index is 12.1. The first-order valence-corrected chi connectivity index (χ1v) is 3.29. The lowest BCUT2D eigenvalue weighted by molar-refractivity contribution is -0.205. The van der Waals surface area contributed by atoms with Crippen molar-refractivity contribution in [3.05, 3.63) is 18.2 Å². The second-order valence-electron chi connectivity index (χ2n) is 2.21. The zero-order valence-corrected chi connectivity index (χ0v) is 6.39. The van der Waals surface area contributed by atoms with E-state index in [4.69, 9.17) is 0 Å². The third-order valence-corrected chi connectivity index (χ3v) is 1.33. The summed E-state index contributed by atoms with van der Waals surface area (Å²) in [5.41, 5.74) is 0. The van der Waals surface area contributed by atoms with Crippen LogP contribution in [0.15, 0.2) is 12.4 Å². The van der Waals surface area contributed by atoms with Crippen LogP contribution in [0.1, 0.15) is 5.82 Å². The molecule has 12 heavy (non-hydrogen) atoms. The normalized spacial score (nSPS) is 12.0. The molecule has 0 atom stereocenters. The lowest BCUT2D eigenvalue weighted by atomic mass is 10.6. The molecule has 68 valence electrons. The summed E-state index contributed by atoms with van der Waals surface area (Å²) in [6, 6.07) is 0. The summed E-state index contributed by atoms with van der Waals surface area (Å²) in [5, 5.41) is 2.60. The lowest BCUT2D eigenvalue weighted by Crippen LogP contribution is -2.21. The lowest BCUT2D eigenvalue weighted by Gasteiger charge is -2.10. The van der Waals surface area contributed by atoms with Crippen LogP contribution < -0.4 is 5.32 Å². The van der Waals surface area contributed by atoms with E-state index in [1.807, 2.05) is 0 Å². The van der Waals surface area contributed by atoms with Crippen molar-refractivity contribution in [3.8, 4) is 0 Å². The van der Waals surface area contributed by atoms with E-state index >= 15 is 0 Å². The van der Waals surface area contributed by atoms with Crippen molar-refractivity contribution in [2.75, 3.05) is 7.05 Å². The first-order chi connectivity index (χ1) is 5.55. The summed E-state index contributed by atoms with van der Waals surface area (Å²) >= 11 is 0. The molecule has 0 spiro atoms. The van der Waals surface area contributed by atoms with Gasteiger partial charge in [-0.05, 0) is 7.05 Å². The molecule has 3 nitrogen and oxygen atoms in total. The van der Waals surface area contributed by atoms with Gasteiger partial charge >= 0.3 is 6.30 Å². The topological polar surface area (TPSA) is 29.9 Å². The van der Waals surface area contributed by atoms with E-state index < -0.39 is 6.30 Å². The average molecular weight is 179 g/mol. The Hall–Kier alpha value is -1.04. The highest BCUT2D eigenvalue weighted by molar-refractivity contribution is 4.93. The summed E-state index contributed by atoms with van der Waals surface area (Å²) in [6.45, 7) is 0.104. The van der Waals surface area contributed by atoms with Gasteiger partial charge in [-0.1, -0.05) is 0 Å². The van der Waals surface area contributed by atoms with Crippen LogP contribution in [-0.2, 0) is 12.8 Å². The molecule has 1 rings (SSSR count). The summed E-state index contributed by atoms with van der Waals surface area (Å²) in [6.07, 6.45) is -2.35. The fourth-order valence-corrected chi connectivity index (χ4v) is 0.854. The highest BCUT2D eigenvalue weighted by atomic mass is 19.4. The number of aromatic nitrogens is 2. The van der Waals surface area contributed by atoms with E-state index in [9.17, 15) is 13.2 Å². The van der Waals surface area contributed by atoms with E-state index in [1.54, 1.807) is 7.05 Å². The fourth-order valence-electron chi connectivity index (χ4n) is 0.854. The molecule has 1 aromatic heterocycles. The SMILES string of the molecule is CNCc1nccn1C(F)(F)F. The molecule has 1 aromatic rings. The third kappa shape index (κ3) is 1.76. The summed E-state index contributed by atoms with van der Waals surface area (Å²) in [7, 11) is 1.56. The smallest absolute Gasteiger partial charge is 0.313 e. The van der Waals surface area contributed by atoms with Crippen molar-refractivity contribution in [2.45, 2.75) is 12.8 Å². The molecule has 0 unspecified atom stereocenters. The Kier molecular flexibility index (Phi) is 2.37. The third-order valence-electron chi connectivity index (χ3n) is 1.33. The standard InChI is InChI=1S/C6H8F3N3/c1-10-4-5-11-2-3-12(5)6(7,8)9/h2-3,10H,4H2,1H3. The van der Waals surface area contributed by atoms with Crippen molar-refractivity contribution < 1.29 is 13.2 Å². The van der Waals surface area contributed by atoms with Crippen LogP contribution in [0, 0.1) is 0 Å². The average Bonchev–Trinajstić information content (AvgIpc) is 2.34. The van der Waals surface area contributed by atoms with Crippen LogP contribution in [0.3, 0.4) is 0 Å². The van der Waals surface area contributed by atoms with E-state index in [0.29, 0.717) is 0 Å². The predicted molar refractivity (Wildman–Crippen MR) is 36.3 cm³/mol. The number of halogens is 3. The largest absolute Gasteiger partial charge is 0.489 e. The molecular weight excluding hydrogens is 171 g/mol. The molecule has 0 radical (unpaired) electrons. The highest BCUT2D eigenvalue weighted by Crippen LogP contribution is 2.23. The molecule has 0 bridgehead atoms. The van der Waals surface area contributed by atoms with E-state index in [-0.39, 0.29) is 16.9 Å². The minimum absolute atomic E-state index is 0.0370. The Labute approximate surface area is 67.2 Å². The van der Waals surface area contributed by atoms with Gasteiger partial charge in [-0.2, -0.15) is 0 Å². The van der Waals surface area contributed by atoms with Gasteiger partial charge in [0.05, 0.1) is 6.54 Å². The molecule has 6 heteroatoms. The molecule has 0 saturated heterocycles. The van der Waals surface area contributed by atoms with Crippen LogP contribution in [0.2, 0.25) is 0 Å². The van der Waals surface area contributed by atoms with Gasteiger partial charge in [0.25, 0.3) is 0 Å². The first-order valence-electron chi connectivity index (χ1n) is 3.29. The van der Waals surface area contributed by atoms with Gasteiger partial charge < -0.3 is 5.32 Å². The van der Waals surface area contributed by atoms with Crippen molar-refractivity contribution in [3.63, 3.8) is 0 Å². The van der Waals surface area contributed by atoms with Crippen molar-refractivity contribution in [1.82, 2.24) is 14.9 Å². The zero-order valence-electron chi connectivity index (χ0n) is 6.39. The van der Waals surface area contributed by atoms with E-state index in [1.165, 1.54) is 0 Å². The van der Waals surface area contributed by atoms with Crippen LogP contribution in [-0.4, -0.2) is 16.6 Å². The molecule has 0 aromatic carbocycles. The minimum Gasteiger partial charge on any atom is -0.313 e. The second kappa shape index (κ2) is 3.14. The van der Waals surface area contributed by atoms with E-state index in [2.05, 4.69) is 10.3 Å². The fraction of sp³-hybridized carbons (Fsp3) is 0.500. The van der Waals surface area contributed by atoms with Gasteiger partial charge in [-0.3, -0.25) is 0 Å². The van der Waals surface area contributed by atoms with Crippen LogP contribution >= 0.6 is 0 Å². The quantitative estimate of drug-likeness (QED) is 0.736. The molecular formula is C6H8F3N3. The molecule has 0 saturated carbocycles. The Morgan fingerprint density at radius 3 is 2.75 bits per heavy atom. The summed E-state index contributed by atoms with van der Waals surface area (Å²) in [4.78, 5) is 3.55. The molecule has 0 aliphatic heterocycles. The monoisotopic (exact) mass is 179 g/mol. The number of hydrogen-bond acceptors (Lipinski definition) is 2. The van der Waals surface area contributed by atoms with Gasteiger partial charge in [0.2, 0.25) is 0 Å². The number of imidazole rings is 1. The zero-order chi connectivity index (χ0) is 9.19. The first kappa shape index (κ1) is 9.05. The highest BCUT2D eigenvalue weighted by Gasteiger charge is 2.32. The van der Waals surface area contributed by atoms with Gasteiger partial charge in [0, 0.05) is 12.4 Å². The van der Waals surface area contributed by atoms with Gasteiger partial charge in [0.15, 0.2) is 0 Å². The summed E-state index contributed by atoms with van der Waals surface area (Å²) < 4.78 is 36.5. The number of hydrogen-bond donors (Lipinski definition) is 1. The molecule has 0 fully saturated rings. The van der Waals surface area contributed by atoms with Crippen molar-refractivity contribution >= 4 is 0 Å². The maximum absolute atomic E-state index is 12.1.